The van der Waals surface area contributed by atoms with Gasteiger partial charge in [0.25, 0.3) is 0 Å². The summed E-state index contributed by atoms with van der Waals surface area (Å²) in [6.45, 7) is 8.91. The van der Waals surface area contributed by atoms with Crippen LogP contribution in [0.15, 0.2) is 43.0 Å². The number of carbonyl (C=O) groups excluding carboxylic acids is 1. The summed E-state index contributed by atoms with van der Waals surface area (Å²) in [6.07, 6.45) is 8.69. The quantitative estimate of drug-likeness (QED) is 0.827. The Balaban J connectivity index is 1.20. The van der Waals surface area contributed by atoms with E-state index in [0.717, 1.165) is 50.3 Å². The van der Waals surface area contributed by atoms with E-state index in [0.29, 0.717) is 5.92 Å². The molecule has 0 saturated carbocycles. The molecule has 0 spiro atoms. The normalized spacial score (nSPS) is 28.3. The average molecular weight is 421 g/mol. The van der Waals surface area contributed by atoms with Gasteiger partial charge >= 0.3 is 6.03 Å². The number of anilines is 1. The lowest BCUT2D eigenvalue weighted by Crippen LogP contribution is -2.58. The van der Waals surface area contributed by atoms with E-state index in [9.17, 15) is 4.79 Å². The second-order valence-electron chi connectivity index (χ2n) is 9.37. The Bertz CT molecular complexity index is 905. The van der Waals surface area contributed by atoms with Gasteiger partial charge < -0.3 is 20.0 Å². The predicted molar refractivity (Wildman–Crippen MR) is 122 cm³/mol. The number of urea groups is 1. The minimum Gasteiger partial charge on any atom is -0.368 e. The molecule has 4 aliphatic rings. The Labute approximate surface area is 184 Å². The number of hydrogen-bond donors (Lipinski definition) is 1. The molecule has 4 aliphatic heterocycles. The summed E-state index contributed by atoms with van der Waals surface area (Å²) in [5.74, 6) is 0.598. The van der Waals surface area contributed by atoms with Crippen LogP contribution in [0.1, 0.15) is 26.2 Å². The van der Waals surface area contributed by atoms with Crippen molar-refractivity contribution in [1.29, 1.82) is 0 Å². The monoisotopic (exact) mass is 420 g/mol. The van der Waals surface area contributed by atoms with Crippen LogP contribution in [0.25, 0.3) is 11.1 Å². The molecule has 6 rings (SSSR count). The third-order valence-electron chi connectivity index (χ3n) is 7.50. The Kier molecular flexibility index (Phi) is 5.52. The van der Waals surface area contributed by atoms with Gasteiger partial charge in [0, 0.05) is 61.9 Å². The zero-order chi connectivity index (χ0) is 21.3. The summed E-state index contributed by atoms with van der Waals surface area (Å²) in [7, 11) is 0. The molecule has 0 aliphatic carbocycles. The number of piperazine rings is 1. The molecule has 4 fully saturated rings. The second kappa shape index (κ2) is 8.46. The first kappa shape index (κ1) is 20.2. The highest BCUT2D eigenvalue weighted by atomic mass is 16.2. The van der Waals surface area contributed by atoms with Gasteiger partial charge in [0.2, 0.25) is 0 Å². The van der Waals surface area contributed by atoms with Gasteiger partial charge in [-0.25, -0.2) is 14.8 Å². The molecule has 7 heteroatoms. The average Bonchev–Trinajstić information content (AvgIpc) is 3.08. The number of aromatic nitrogens is 2. The summed E-state index contributed by atoms with van der Waals surface area (Å²) in [5.41, 5.74) is 3.24. The lowest BCUT2D eigenvalue weighted by molar-refractivity contribution is 0.153. The molecule has 2 bridgehead atoms. The molecule has 1 aromatic heterocycles. The van der Waals surface area contributed by atoms with E-state index in [1.54, 1.807) is 6.33 Å². The highest BCUT2D eigenvalue weighted by Gasteiger charge is 2.41. The fourth-order valence-corrected chi connectivity index (χ4v) is 5.37. The minimum absolute atomic E-state index is 0.0778. The van der Waals surface area contributed by atoms with Gasteiger partial charge in [0.15, 0.2) is 0 Å². The van der Waals surface area contributed by atoms with Crippen LogP contribution in [0.5, 0.6) is 0 Å². The second-order valence-corrected chi connectivity index (χ2v) is 9.37. The molecule has 31 heavy (non-hydrogen) atoms. The van der Waals surface area contributed by atoms with Crippen LogP contribution in [0.4, 0.5) is 10.5 Å². The lowest BCUT2D eigenvalue weighted by atomic mass is 9.79. The molecule has 0 radical (unpaired) electrons. The van der Waals surface area contributed by atoms with Crippen LogP contribution in [-0.4, -0.2) is 77.2 Å². The zero-order valence-corrected chi connectivity index (χ0v) is 18.3. The SMILES string of the molecule is CC1(NC(=O)N2CCN(c3cccc(-c4cncnc4)c3)CC2)CCN2CCC1CC2. The van der Waals surface area contributed by atoms with E-state index in [-0.39, 0.29) is 11.6 Å². The van der Waals surface area contributed by atoms with Crippen molar-refractivity contribution in [2.75, 3.05) is 50.7 Å². The number of nitrogens with one attached hydrogen (secondary N) is 1. The van der Waals surface area contributed by atoms with Crippen molar-refractivity contribution in [2.45, 2.75) is 31.7 Å². The highest BCUT2D eigenvalue weighted by Crippen LogP contribution is 2.35. The van der Waals surface area contributed by atoms with Gasteiger partial charge in [-0.05, 0) is 62.9 Å². The van der Waals surface area contributed by atoms with E-state index in [2.05, 4.69) is 56.3 Å². The first-order valence-electron chi connectivity index (χ1n) is 11.5. The van der Waals surface area contributed by atoms with Crippen LogP contribution in [0, 0.1) is 5.92 Å². The van der Waals surface area contributed by atoms with Gasteiger partial charge in [-0.1, -0.05) is 12.1 Å². The maximum absolute atomic E-state index is 13.1. The van der Waals surface area contributed by atoms with E-state index >= 15 is 0 Å². The Morgan fingerprint density at radius 2 is 1.74 bits per heavy atom. The highest BCUT2D eigenvalue weighted by molar-refractivity contribution is 5.75. The molecule has 1 aromatic carbocycles. The molecular weight excluding hydrogens is 388 g/mol. The molecule has 164 valence electrons. The van der Waals surface area contributed by atoms with Gasteiger partial charge in [-0.3, -0.25) is 0 Å². The number of rotatable bonds is 3. The number of benzene rings is 1. The van der Waals surface area contributed by atoms with Crippen molar-refractivity contribution in [3.63, 3.8) is 0 Å². The van der Waals surface area contributed by atoms with Crippen molar-refractivity contribution in [3.05, 3.63) is 43.0 Å². The summed E-state index contributed by atoms with van der Waals surface area (Å²) in [4.78, 5) is 28.3. The number of nitrogens with zero attached hydrogens (tertiary/aromatic N) is 5. The maximum atomic E-state index is 13.1. The van der Waals surface area contributed by atoms with Gasteiger partial charge in [-0.15, -0.1) is 0 Å². The number of amides is 2. The lowest BCUT2D eigenvalue weighted by Gasteiger charge is -2.41. The first-order chi connectivity index (χ1) is 15.1. The molecule has 1 unspecified atom stereocenters. The van der Waals surface area contributed by atoms with Crippen LogP contribution in [0.3, 0.4) is 0 Å². The Hall–Kier alpha value is -2.67. The topological polar surface area (TPSA) is 64.6 Å². The van der Waals surface area contributed by atoms with E-state index in [1.807, 2.05) is 17.3 Å². The summed E-state index contributed by atoms with van der Waals surface area (Å²) < 4.78 is 0. The van der Waals surface area contributed by atoms with Gasteiger partial charge in [0.05, 0.1) is 0 Å². The maximum Gasteiger partial charge on any atom is 0.317 e. The molecule has 5 heterocycles. The summed E-state index contributed by atoms with van der Waals surface area (Å²) in [5, 5.41) is 3.45. The third kappa shape index (κ3) is 4.24. The number of carbonyl (C=O) groups is 1. The standard InChI is InChI=1S/C24H32N6O/c1-24(7-10-28-8-5-21(24)6-9-28)27-23(31)30-13-11-29(12-14-30)22-4-2-3-19(15-22)20-16-25-18-26-17-20/h2-4,15-18,21H,5-14H2,1H3,(H,27,31). The molecule has 1 N–H and O–H groups in total. The number of hydrogen-bond acceptors (Lipinski definition) is 5. The van der Waals surface area contributed by atoms with Crippen LogP contribution < -0.4 is 10.2 Å². The predicted octanol–water partition coefficient (Wildman–Crippen LogP) is 2.85. The fraction of sp³-hybridized carbons (Fsp3) is 0.542. The zero-order valence-electron chi connectivity index (χ0n) is 18.3. The number of piperidine rings is 1. The van der Waals surface area contributed by atoms with E-state index in [1.165, 1.54) is 31.6 Å². The van der Waals surface area contributed by atoms with Crippen molar-refractivity contribution in [3.8, 4) is 11.1 Å². The van der Waals surface area contributed by atoms with Gasteiger partial charge in [0.1, 0.15) is 6.33 Å². The van der Waals surface area contributed by atoms with Crippen LogP contribution >= 0.6 is 0 Å². The van der Waals surface area contributed by atoms with Crippen molar-refractivity contribution in [1.82, 2.24) is 25.1 Å². The Morgan fingerprint density at radius 3 is 2.48 bits per heavy atom. The molecular formula is C24H32N6O. The third-order valence-corrected chi connectivity index (χ3v) is 7.50. The molecule has 7 nitrogen and oxygen atoms in total. The van der Waals surface area contributed by atoms with E-state index in [4.69, 9.17) is 0 Å². The van der Waals surface area contributed by atoms with Crippen molar-refractivity contribution in [2.24, 2.45) is 5.92 Å². The van der Waals surface area contributed by atoms with Crippen LogP contribution in [0.2, 0.25) is 0 Å². The molecule has 2 amide bonds. The Morgan fingerprint density at radius 1 is 1.00 bits per heavy atom. The molecule has 1 atom stereocenters. The summed E-state index contributed by atoms with van der Waals surface area (Å²) >= 11 is 0. The number of fused-ring (bicyclic) bond motifs is 4. The summed E-state index contributed by atoms with van der Waals surface area (Å²) in [6, 6.07) is 8.60. The fourth-order valence-electron chi connectivity index (χ4n) is 5.37. The van der Waals surface area contributed by atoms with Gasteiger partial charge in [-0.2, -0.15) is 0 Å². The van der Waals surface area contributed by atoms with Crippen molar-refractivity contribution < 1.29 is 4.79 Å². The van der Waals surface area contributed by atoms with E-state index < -0.39 is 0 Å². The first-order valence-corrected chi connectivity index (χ1v) is 11.5. The van der Waals surface area contributed by atoms with Crippen LogP contribution in [-0.2, 0) is 0 Å². The largest absolute Gasteiger partial charge is 0.368 e. The molecule has 2 aromatic rings. The van der Waals surface area contributed by atoms with Crippen molar-refractivity contribution >= 4 is 11.7 Å². The molecule has 4 saturated heterocycles. The minimum atomic E-state index is -0.0778. The smallest absolute Gasteiger partial charge is 0.317 e.